The highest BCUT2D eigenvalue weighted by Crippen LogP contribution is 2.32. The van der Waals surface area contributed by atoms with Crippen molar-refractivity contribution in [1.82, 2.24) is 19.0 Å². The second-order valence-corrected chi connectivity index (χ2v) is 10.0. The zero-order chi connectivity index (χ0) is 26.7. The van der Waals surface area contributed by atoms with Gasteiger partial charge in [-0.1, -0.05) is 6.07 Å². The number of fused-ring (bicyclic) bond motifs is 1. The van der Waals surface area contributed by atoms with Crippen molar-refractivity contribution in [2.24, 2.45) is 5.10 Å². The third-order valence-electron chi connectivity index (χ3n) is 5.65. The van der Waals surface area contributed by atoms with Crippen LogP contribution in [0, 0.1) is 21.4 Å². The number of sulfonamides is 1. The molecule has 0 radical (unpaired) electrons. The van der Waals surface area contributed by atoms with E-state index in [0.717, 1.165) is 10.5 Å². The summed E-state index contributed by atoms with van der Waals surface area (Å²) < 4.78 is 29.6. The summed E-state index contributed by atoms with van der Waals surface area (Å²) in [6.07, 6.45) is 4.77. The van der Waals surface area contributed by atoms with E-state index in [1.165, 1.54) is 25.4 Å². The predicted octanol–water partition coefficient (Wildman–Crippen LogP) is 3.19. The highest BCUT2D eigenvalue weighted by Gasteiger charge is 2.28. The Kier molecular flexibility index (Phi) is 6.85. The molecule has 1 aromatic carbocycles. The maximum absolute atomic E-state index is 13.6. The van der Waals surface area contributed by atoms with Crippen molar-refractivity contribution in [3.05, 3.63) is 94.1 Å². The van der Waals surface area contributed by atoms with Crippen LogP contribution in [0.15, 0.2) is 77.1 Å². The summed E-state index contributed by atoms with van der Waals surface area (Å²) >= 11 is 0. The van der Waals surface area contributed by atoms with Crippen LogP contribution in [0.2, 0.25) is 0 Å². The number of nitro benzene ring substituents is 1. The average Bonchev–Trinajstić information content (AvgIpc) is 3.32. The molecule has 0 saturated carbocycles. The normalized spacial score (nSPS) is 11.8. The summed E-state index contributed by atoms with van der Waals surface area (Å²) in [7, 11) is -1.38. The van der Waals surface area contributed by atoms with Gasteiger partial charge < -0.3 is 4.90 Å². The Morgan fingerprint density at radius 2 is 2.00 bits per heavy atom. The minimum atomic E-state index is -4.32. The number of hydrazone groups is 1. The first-order valence-corrected chi connectivity index (χ1v) is 12.4. The van der Waals surface area contributed by atoms with Crippen LogP contribution in [-0.2, 0) is 16.6 Å². The lowest BCUT2D eigenvalue weighted by Crippen LogP contribution is -2.27. The van der Waals surface area contributed by atoms with E-state index in [2.05, 4.69) is 21.3 Å². The molecule has 37 heavy (non-hydrogen) atoms. The Balaban J connectivity index is 1.74. The van der Waals surface area contributed by atoms with Gasteiger partial charge in [-0.05, 0) is 37.3 Å². The van der Waals surface area contributed by atoms with E-state index in [0.29, 0.717) is 28.0 Å². The van der Waals surface area contributed by atoms with Crippen molar-refractivity contribution in [3.8, 4) is 6.07 Å². The van der Waals surface area contributed by atoms with Crippen LogP contribution < -0.4 is 4.90 Å². The first-order chi connectivity index (χ1) is 17.6. The number of benzene rings is 1. The Labute approximate surface area is 212 Å². The monoisotopic (exact) mass is 518 g/mol. The molecule has 3 aromatic heterocycles. The number of nitriles is 1. The average molecular weight is 519 g/mol. The van der Waals surface area contributed by atoms with Crippen molar-refractivity contribution in [1.29, 1.82) is 5.26 Å². The van der Waals surface area contributed by atoms with Crippen molar-refractivity contribution < 1.29 is 13.3 Å². The van der Waals surface area contributed by atoms with Gasteiger partial charge in [-0.2, -0.15) is 28.3 Å². The van der Waals surface area contributed by atoms with Crippen molar-refractivity contribution in [3.63, 3.8) is 0 Å². The van der Waals surface area contributed by atoms with Crippen molar-refractivity contribution in [2.75, 3.05) is 19.0 Å². The number of nitrogens with zero attached hydrogens (tertiary/aromatic N) is 8. The molecule has 4 aromatic rings. The molecule has 0 aliphatic carbocycles. The maximum atomic E-state index is 13.6. The number of nitro groups is 1. The Bertz CT molecular complexity index is 1660. The van der Waals surface area contributed by atoms with E-state index in [1.807, 2.05) is 6.07 Å². The van der Waals surface area contributed by atoms with E-state index in [4.69, 9.17) is 0 Å². The molecule has 0 spiro atoms. The quantitative estimate of drug-likeness (QED) is 0.196. The van der Waals surface area contributed by atoms with E-state index in [-0.39, 0.29) is 22.8 Å². The number of aromatic nitrogens is 3. The fraction of sp³-hybridized carbons (Fsp3) is 0.167. The Hall–Kier alpha value is -4.83. The number of pyridine rings is 2. The third kappa shape index (κ3) is 5.09. The van der Waals surface area contributed by atoms with E-state index in [9.17, 15) is 23.8 Å². The van der Waals surface area contributed by atoms with Gasteiger partial charge in [0.05, 0.1) is 51.9 Å². The van der Waals surface area contributed by atoms with Gasteiger partial charge in [-0.15, -0.1) is 0 Å². The maximum Gasteiger partial charge on any atom is 0.281 e. The highest BCUT2D eigenvalue weighted by atomic mass is 32.2. The van der Waals surface area contributed by atoms with Crippen LogP contribution in [0.5, 0.6) is 0 Å². The molecule has 0 aliphatic heterocycles. The lowest BCUT2D eigenvalue weighted by Gasteiger charge is -2.24. The van der Waals surface area contributed by atoms with Gasteiger partial charge in [0.2, 0.25) is 0 Å². The van der Waals surface area contributed by atoms with Crippen LogP contribution in [0.1, 0.15) is 23.7 Å². The van der Waals surface area contributed by atoms with Crippen LogP contribution in [0.25, 0.3) is 5.52 Å². The van der Waals surface area contributed by atoms with Crippen molar-refractivity contribution >= 4 is 32.6 Å². The second kappa shape index (κ2) is 10.0. The molecule has 188 valence electrons. The second-order valence-electron chi connectivity index (χ2n) is 8.13. The summed E-state index contributed by atoms with van der Waals surface area (Å²) in [5.74, 6) is 0. The number of hydrogen-bond acceptors (Lipinski definition) is 9. The van der Waals surface area contributed by atoms with E-state index < -0.39 is 14.9 Å². The molecular formula is C24H22N8O4S. The van der Waals surface area contributed by atoms with Gasteiger partial charge in [0.25, 0.3) is 15.7 Å². The predicted molar refractivity (Wildman–Crippen MR) is 137 cm³/mol. The minimum Gasteiger partial charge on any atom is -0.368 e. The molecule has 0 atom stereocenters. The summed E-state index contributed by atoms with van der Waals surface area (Å²) in [5.41, 5.74) is 2.44. The Morgan fingerprint density at radius 1 is 1.22 bits per heavy atom. The van der Waals surface area contributed by atoms with Crippen LogP contribution in [-0.4, -0.2) is 52.2 Å². The third-order valence-corrected chi connectivity index (χ3v) is 7.31. The molecule has 0 bridgehead atoms. The van der Waals surface area contributed by atoms with Gasteiger partial charge in [0, 0.05) is 44.2 Å². The molecule has 0 aliphatic rings. The van der Waals surface area contributed by atoms with Crippen LogP contribution in [0.3, 0.4) is 0 Å². The molecule has 0 saturated heterocycles. The number of non-ortho nitro benzene ring substituents is 1. The fourth-order valence-electron chi connectivity index (χ4n) is 3.75. The van der Waals surface area contributed by atoms with Crippen molar-refractivity contribution in [2.45, 2.75) is 18.4 Å². The SMILES string of the molecule is C/C(=N\N(C)S(=O)(=O)c1cc([N+](=O)[O-])ccc1N(C)Cc1ccccn1)c1cnn2ccc(C#N)cc12. The zero-order valence-electron chi connectivity index (χ0n) is 20.2. The topological polar surface area (TPSA) is 150 Å². The summed E-state index contributed by atoms with van der Waals surface area (Å²) in [5, 5.41) is 29.1. The smallest absolute Gasteiger partial charge is 0.281 e. The lowest BCUT2D eigenvalue weighted by atomic mass is 10.1. The molecule has 13 heteroatoms. The minimum absolute atomic E-state index is 0.255. The van der Waals surface area contributed by atoms with Gasteiger partial charge in [-0.25, -0.2) is 4.52 Å². The highest BCUT2D eigenvalue weighted by molar-refractivity contribution is 7.89. The largest absolute Gasteiger partial charge is 0.368 e. The van der Waals surface area contributed by atoms with Gasteiger partial charge in [0.15, 0.2) is 0 Å². The van der Waals surface area contributed by atoms with Gasteiger partial charge >= 0.3 is 0 Å². The van der Waals surface area contributed by atoms with Gasteiger partial charge in [-0.3, -0.25) is 15.1 Å². The zero-order valence-corrected chi connectivity index (χ0v) is 21.0. The first kappa shape index (κ1) is 25.3. The number of anilines is 1. The standard InChI is InChI=1S/C24H22N8O4S/c1-17(21-15-27-31-11-9-18(14-25)12-23(21)31)28-30(3)37(35,36)24-13-20(32(33)34)7-8-22(24)29(2)16-19-6-4-5-10-26-19/h4-13,15H,16H2,1-3H3/b28-17+. The summed E-state index contributed by atoms with van der Waals surface area (Å²) in [6.45, 7) is 1.89. The number of hydrogen-bond donors (Lipinski definition) is 0. The lowest BCUT2D eigenvalue weighted by molar-refractivity contribution is -0.385. The molecular weight excluding hydrogens is 496 g/mol. The fourth-order valence-corrected chi connectivity index (χ4v) is 5.02. The van der Waals surface area contributed by atoms with Gasteiger partial charge in [0.1, 0.15) is 4.90 Å². The molecule has 0 fully saturated rings. The Morgan fingerprint density at radius 3 is 2.68 bits per heavy atom. The molecule has 4 rings (SSSR count). The van der Waals surface area contributed by atoms with E-state index >= 15 is 0 Å². The summed E-state index contributed by atoms with van der Waals surface area (Å²) in [4.78, 5) is 16.4. The van der Waals surface area contributed by atoms with Crippen LogP contribution in [0.4, 0.5) is 11.4 Å². The summed E-state index contributed by atoms with van der Waals surface area (Å²) in [6, 6.07) is 14.3. The molecule has 0 unspecified atom stereocenters. The molecule has 12 nitrogen and oxygen atoms in total. The van der Waals surface area contributed by atoms with E-state index in [1.54, 1.807) is 60.0 Å². The first-order valence-electron chi connectivity index (χ1n) is 10.9. The molecule has 0 N–H and O–H groups in total. The molecule has 3 heterocycles. The number of rotatable bonds is 8. The van der Waals surface area contributed by atoms with Crippen LogP contribution >= 0.6 is 0 Å². The molecule has 0 amide bonds.